The maximum atomic E-state index is 12.7. The lowest BCUT2D eigenvalue weighted by Gasteiger charge is -2.23. The number of amides is 3. The molecule has 31 heavy (non-hydrogen) atoms. The molecule has 1 aromatic heterocycles. The summed E-state index contributed by atoms with van der Waals surface area (Å²) >= 11 is 0. The second kappa shape index (κ2) is 9.37. The summed E-state index contributed by atoms with van der Waals surface area (Å²) in [6.45, 7) is 2.61. The summed E-state index contributed by atoms with van der Waals surface area (Å²) in [6.07, 6.45) is 7.41. The topological polar surface area (TPSA) is 91.7 Å². The zero-order valence-electron chi connectivity index (χ0n) is 17.9. The van der Waals surface area contributed by atoms with Gasteiger partial charge in [-0.1, -0.05) is 19.3 Å². The molecule has 0 radical (unpaired) electrons. The van der Waals surface area contributed by atoms with E-state index < -0.39 is 5.92 Å². The van der Waals surface area contributed by atoms with Gasteiger partial charge in [0.1, 0.15) is 5.76 Å². The van der Waals surface area contributed by atoms with Crippen molar-refractivity contribution in [1.82, 2.24) is 10.2 Å². The fourth-order valence-electron chi connectivity index (χ4n) is 4.39. The molecule has 164 valence electrons. The molecule has 3 amide bonds. The number of benzene rings is 1. The SMILES string of the molecule is Cc1cc(C(=O)NC2CCCCC2)ccc1NC(=O)C1CC(=O)N(Cc2ccco2)C1. The minimum Gasteiger partial charge on any atom is -0.467 e. The third-order valence-electron chi connectivity index (χ3n) is 6.20. The molecule has 2 fully saturated rings. The van der Waals surface area contributed by atoms with Crippen molar-refractivity contribution < 1.29 is 18.8 Å². The first-order valence-electron chi connectivity index (χ1n) is 11.0. The molecule has 2 heterocycles. The molecule has 2 N–H and O–H groups in total. The van der Waals surface area contributed by atoms with Crippen molar-refractivity contribution in [2.24, 2.45) is 5.92 Å². The minimum atomic E-state index is -0.406. The van der Waals surface area contributed by atoms with Gasteiger partial charge in [-0.2, -0.15) is 0 Å². The molecule has 7 heteroatoms. The molecule has 1 unspecified atom stereocenters. The molecule has 7 nitrogen and oxygen atoms in total. The molecule has 1 aliphatic carbocycles. The maximum Gasteiger partial charge on any atom is 0.251 e. The fraction of sp³-hybridized carbons (Fsp3) is 0.458. The van der Waals surface area contributed by atoms with Crippen molar-refractivity contribution in [2.45, 2.75) is 58.0 Å². The van der Waals surface area contributed by atoms with E-state index in [9.17, 15) is 14.4 Å². The van der Waals surface area contributed by atoms with Gasteiger partial charge in [0.25, 0.3) is 5.91 Å². The maximum absolute atomic E-state index is 12.7. The lowest BCUT2D eigenvalue weighted by molar-refractivity contribution is -0.128. The lowest BCUT2D eigenvalue weighted by atomic mass is 9.95. The van der Waals surface area contributed by atoms with Crippen molar-refractivity contribution in [3.05, 3.63) is 53.5 Å². The Labute approximate surface area is 182 Å². The first-order valence-corrected chi connectivity index (χ1v) is 11.0. The summed E-state index contributed by atoms with van der Waals surface area (Å²) in [4.78, 5) is 39.2. The number of hydrogen-bond acceptors (Lipinski definition) is 4. The van der Waals surface area contributed by atoms with E-state index in [1.54, 1.807) is 35.4 Å². The molecule has 1 aromatic carbocycles. The van der Waals surface area contributed by atoms with Crippen molar-refractivity contribution in [3.8, 4) is 0 Å². The fourth-order valence-corrected chi connectivity index (χ4v) is 4.39. The Balaban J connectivity index is 1.34. The second-order valence-corrected chi connectivity index (χ2v) is 8.58. The van der Waals surface area contributed by atoms with E-state index in [2.05, 4.69) is 10.6 Å². The van der Waals surface area contributed by atoms with Gasteiger partial charge in [-0.3, -0.25) is 14.4 Å². The van der Waals surface area contributed by atoms with E-state index in [1.807, 2.05) is 13.0 Å². The zero-order chi connectivity index (χ0) is 21.8. The van der Waals surface area contributed by atoms with Gasteiger partial charge in [-0.05, 0) is 55.7 Å². The largest absolute Gasteiger partial charge is 0.467 e. The third-order valence-corrected chi connectivity index (χ3v) is 6.20. The third kappa shape index (κ3) is 5.16. The number of likely N-dealkylation sites (tertiary alicyclic amines) is 1. The van der Waals surface area contributed by atoms with E-state index >= 15 is 0 Å². The molecule has 1 aliphatic heterocycles. The number of rotatable bonds is 6. The van der Waals surface area contributed by atoms with Gasteiger partial charge in [-0.15, -0.1) is 0 Å². The Morgan fingerprint density at radius 1 is 1.16 bits per heavy atom. The van der Waals surface area contributed by atoms with Crippen LogP contribution in [0.5, 0.6) is 0 Å². The number of aryl methyl sites for hydroxylation is 1. The molecule has 4 rings (SSSR count). The number of nitrogens with zero attached hydrogens (tertiary/aromatic N) is 1. The van der Waals surface area contributed by atoms with Crippen LogP contribution in [0.15, 0.2) is 41.0 Å². The summed E-state index contributed by atoms with van der Waals surface area (Å²) < 4.78 is 5.30. The van der Waals surface area contributed by atoms with E-state index in [0.717, 1.165) is 31.2 Å². The standard InChI is InChI=1S/C24H29N3O4/c1-16-12-17(23(29)25-19-6-3-2-4-7-19)9-10-21(16)26-24(30)18-13-22(28)27(14-18)15-20-8-5-11-31-20/h5,8-12,18-19H,2-4,6-7,13-15H2,1H3,(H,25,29)(H,26,30). The van der Waals surface area contributed by atoms with E-state index in [4.69, 9.17) is 4.42 Å². The number of nitrogens with one attached hydrogen (secondary N) is 2. The van der Waals surface area contributed by atoms with Gasteiger partial charge in [0, 0.05) is 30.3 Å². The summed E-state index contributed by atoms with van der Waals surface area (Å²) in [6, 6.07) is 9.16. The highest BCUT2D eigenvalue weighted by molar-refractivity contribution is 5.99. The molecule has 1 atom stereocenters. The van der Waals surface area contributed by atoms with Crippen molar-refractivity contribution >= 4 is 23.4 Å². The Morgan fingerprint density at radius 3 is 2.68 bits per heavy atom. The van der Waals surface area contributed by atoms with E-state index in [1.165, 1.54) is 6.42 Å². The molecule has 1 saturated heterocycles. The van der Waals surface area contributed by atoms with Gasteiger partial charge in [0.05, 0.1) is 18.7 Å². The highest BCUT2D eigenvalue weighted by Crippen LogP contribution is 2.24. The molecular formula is C24H29N3O4. The smallest absolute Gasteiger partial charge is 0.251 e. The van der Waals surface area contributed by atoms with Crippen molar-refractivity contribution in [3.63, 3.8) is 0 Å². The quantitative estimate of drug-likeness (QED) is 0.742. The van der Waals surface area contributed by atoms with Crippen LogP contribution < -0.4 is 10.6 Å². The number of carbonyl (C=O) groups is 3. The molecule has 0 spiro atoms. The van der Waals surface area contributed by atoms with Gasteiger partial charge in [0.15, 0.2) is 0 Å². The summed E-state index contributed by atoms with van der Waals surface area (Å²) in [7, 11) is 0. The van der Waals surface area contributed by atoms with Crippen molar-refractivity contribution in [1.29, 1.82) is 0 Å². The monoisotopic (exact) mass is 423 g/mol. The van der Waals surface area contributed by atoms with Gasteiger partial charge < -0.3 is 20.0 Å². The van der Waals surface area contributed by atoms with Crippen LogP contribution in [0.2, 0.25) is 0 Å². The molecular weight excluding hydrogens is 394 g/mol. The van der Waals surface area contributed by atoms with E-state index in [-0.39, 0.29) is 30.2 Å². The average Bonchev–Trinajstić information content (AvgIpc) is 3.40. The van der Waals surface area contributed by atoms with Crippen LogP contribution >= 0.6 is 0 Å². The predicted octanol–water partition coefficient (Wildman–Crippen LogP) is 3.64. The van der Waals surface area contributed by atoms with Crippen LogP contribution in [0.4, 0.5) is 5.69 Å². The molecule has 2 aromatic rings. The number of hydrogen-bond donors (Lipinski definition) is 2. The van der Waals surface area contributed by atoms with Gasteiger partial charge in [-0.25, -0.2) is 0 Å². The lowest BCUT2D eigenvalue weighted by Crippen LogP contribution is -2.36. The van der Waals surface area contributed by atoms with Crippen LogP contribution in [0, 0.1) is 12.8 Å². The molecule has 2 aliphatic rings. The number of anilines is 1. The number of carbonyl (C=O) groups excluding carboxylic acids is 3. The Morgan fingerprint density at radius 2 is 1.97 bits per heavy atom. The Hall–Kier alpha value is -3.09. The van der Waals surface area contributed by atoms with Crippen molar-refractivity contribution in [2.75, 3.05) is 11.9 Å². The summed E-state index contributed by atoms with van der Waals surface area (Å²) in [5, 5.41) is 6.04. The predicted molar refractivity (Wildman–Crippen MR) is 116 cm³/mol. The Kier molecular flexibility index (Phi) is 6.39. The second-order valence-electron chi connectivity index (χ2n) is 8.58. The van der Waals surface area contributed by atoms with Crippen LogP contribution in [0.3, 0.4) is 0 Å². The van der Waals surface area contributed by atoms with E-state index in [0.29, 0.717) is 30.1 Å². The Bertz CT molecular complexity index is 948. The van der Waals surface area contributed by atoms with Crippen LogP contribution in [0.1, 0.15) is 60.2 Å². The average molecular weight is 424 g/mol. The summed E-state index contributed by atoms with van der Waals surface area (Å²) in [5.41, 5.74) is 2.08. The highest BCUT2D eigenvalue weighted by atomic mass is 16.3. The van der Waals surface area contributed by atoms with Gasteiger partial charge >= 0.3 is 0 Å². The van der Waals surface area contributed by atoms with Gasteiger partial charge in [0.2, 0.25) is 11.8 Å². The molecule has 0 bridgehead atoms. The van der Waals surface area contributed by atoms with Crippen LogP contribution in [-0.2, 0) is 16.1 Å². The van der Waals surface area contributed by atoms with Crippen LogP contribution in [0.25, 0.3) is 0 Å². The van der Waals surface area contributed by atoms with Crippen LogP contribution in [-0.4, -0.2) is 35.2 Å². The first kappa shape index (κ1) is 21.2. The highest BCUT2D eigenvalue weighted by Gasteiger charge is 2.34. The number of furan rings is 1. The minimum absolute atomic E-state index is 0.0528. The zero-order valence-corrected chi connectivity index (χ0v) is 17.9. The normalized spacial score (nSPS) is 19.5. The first-order chi connectivity index (χ1) is 15.0. The molecule has 1 saturated carbocycles. The summed E-state index contributed by atoms with van der Waals surface area (Å²) in [5.74, 6) is -0.00729.